The lowest BCUT2D eigenvalue weighted by Crippen LogP contribution is -2.31. The van der Waals surface area contributed by atoms with Crippen molar-refractivity contribution in [1.82, 2.24) is 0 Å². The van der Waals surface area contributed by atoms with Crippen LogP contribution in [0.2, 0.25) is 0 Å². The van der Waals surface area contributed by atoms with E-state index in [1.165, 1.54) is 12.8 Å². The van der Waals surface area contributed by atoms with Crippen molar-refractivity contribution < 1.29 is 9.31 Å². The molecule has 2 nitrogen and oxygen atoms in total. The summed E-state index contributed by atoms with van der Waals surface area (Å²) in [5, 5.41) is 0. The van der Waals surface area contributed by atoms with E-state index in [1.54, 1.807) is 0 Å². The Morgan fingerprint density at radius 2 is 2.00 bits per heavy atom. The van der Waals surface area contributed by atoms with Crippen LogP contribution in [-0.4, -0.2) is 26.2 Å². The largest absolute Gasteiger partial charge is 0.493 e. The van der Waals surface area contributed by atoms with Gasteiger partial charge in [0, 0.05) is 19.1 Å². The molecule has 1 saturated heterocycles. The average molecular weight is 271 g/mol. The van der Waals surface area contributed by atoms with Gasteiger partial charge in [-0.1, -0.05) is 38.0 Å². The number of hydrogen-bond acceptors (Lipinski definition) is 2. The van der Waals surface area contributed by atoms with Gasteiger partial charge in [0.2, 0.25) is 0 Å². The second-order valence-corrected chi connectivity index (χ2v) is 4.88. The predicted octanol–water partition coefficient (Wildman–Crippen LogP) is 4.14. The molecule has 1 aliphatic rings. The van der Waals surface area contributed by atoms with Crippen LogP contribution in [0.1, 0.15) is 45.4 Å². The smallest absolute Gasteiger partial charge is 0.407 e. The molecular formula is C14H24BClO2. The van der Waals surface area contributed by atoms with Crippen molar-refractivity contribution >= 4 is 18.7 Å². The number of rotatable bonds is 8. The summed E-state index contributed by atoms with van der Waals surface area (Å²) in [6.07, 6.45) is 13.1. The monoisotopic (exact) mass is 270 g/mol. The van der Waals surface area contributed by atoms with E-state index in [-0.39, 0.29) is 7.12 Å². The van der Waals surface area contributed by atoms with E-state index in [4.69, 9.17) is 20.9 Å². The molecule has 1 heterocycles. The van der Waals surface area contributed by atoms with E-state index >= 15 is 0 Å². The number of halogens is 1. The van der Waals surface area contributed by atoms with E-state index in [2.05, 4.69) is 25.2 Å². The van der Waals surface area contributed by atoms with Gasteiger partial charge in [-0.25, -0.2) is 0 Å². The van der Waals surface area contributed by atoms with Crippen LogP contribution < -0.4 is 0 Å². The summed E-state index contributed by atoms with van der Waals surface area (Å²) in [6, 6.07) is 0. The van der Waals surface area contributed by atoms with Gasteiger partial charge in [0.25, 0.3) is 0 Å². The van der Waals surface area contributed by atoms with Gasteiger partial charge >= 0.3 is 7.12 Å². The summed E-state index contributed by atoms with van der Waals surface area (Å²) in [6.45, 7) is 3.79. The van der Waals surface area contributed by atoms with Crippen LogP contribution in [0.15, 0.2) is 23.7 Å². The summed E-state index contributed by atoms with van der Waals surface area (Å²) in [5.74, 6) is 0.704. The van der Waals surface area contributed by atoms with Crippen LogP contribution in [0.3, 0.4) is 0 Å². The Hall–Kier alpha value is -0.245. The first kappa shape index (κ1) is 15.8. The number of hydrogen-bond donors (Lipinski definition) is 0. The third-order valence-electron chi connectivity index (χ3n) is 2.85. The van der Waals surface area contributed by atoms with Gasteiger partial charge in [-0.2, -0.15) is 0 Å². The molecule has 1 aliphatic heterocycles. The van der Waals surface area contributed by atoms with Crippen molar-refractivity contribution in [3.05, 3.63) is 23.7 Å². The number of allylic oxidation sites excluding steroid dienone is 4. The molecule has 0 aromatic carbocycles. The molecule has 1 rings (SSSR count). The van der Waals surface area contributed by atoms with E-state index in [0.29, 0.717) is 5.88 Å². The molecule has 0 radical (unpaired) electrons. The Bertz CT molecular complexity index is 261. The Labute approximate surface area is 117 Å². The lowest BCUT2D eigenvalue weighted by atomic mass is 9.76. The highest BCUT2D eigenvalue weighted by atomic mass is 35.5. The standard InChI is InChI=1S/C14H24BClO2/c1-2-3-4-5-9-14(10-6-7-11-16)15-17-12-8-13-18-15/h5,9-10H,2-4,6-8,11-13H2,1H3/b9-5+,14-10-. The van der Waals surface area contributed by atoms with Gasteiger partial charge < -0.3 is 9.31 Å². The molecule has 0 atom stereocenters. The molecule has 0 spiro atoms. The van der Waals surface area contributed by atoms with Gasteiger partial charge in [0.15, 0.2) is 0 Å². The first-order valence-electron chi connectivity index (χ1n) is 7.04. The highest BCUT2D eigenvalue weighted by molar-refractivity contribution is 6.54. The summed E-state index contributed by atoms with van der Waals surface area (Å²) in [4.78, 5) is 0. The van der Waals surface area contributed by atoms with Gasteiger partial charge in [-0.05, 0) is 31.2 Å². The molecular weight excluding hydrogens is 246 g/mol. The molecule has 0 amide bonds. The van der Waals surface area contributed by atoms with Gasteiger partial charge in [-0.15, -0.1) is 11.6 Å². The lowest BCUT2D eigenvalue weighted by Gasteiger charge is -2.20. The van der Waals surface area contributed by atoms with Crippen molar-refractivity contribution in [2.24, 2.45) is 0 Å². The van der Waals surface area contributed by atoms with Crippen molar-refractivity contribution in [3.8, 4) is 0 Å². The fourth-order valence-electron chi connectivity index (χ4n) is 1.81. The highest BCUT2D eigenvalue weighted by Crippen LogP contribution is 2.14. The normalized spacial score (nSPS) is 17.7. The van der Waals surface area contributed by atoms with Gasteiger partial charge in [-0.3, -0.25) is 0 Å². The number of unbranched alkanes of at least 4 members (excludes halogenated alkanes) is 3. The van der Waals surface area contributed by atoms with E-state index in [1.807, 2.05) is 0 Å². The average Bonchev–Trinajstić information content (AvgIpc) is 2.42. The molecule has 0 N–H and O–H groups in total. The maximum atomic E-state index is 5.71. The summed E-state index contributed by atoms with van der Waals surface area (Å²) in [5.41, 5.74) is 1.15. The molecule has 1 fully saturated rings. The van der Waals surface area contributed by atoms with Gasteiger partial charge in [0.1, 0.15) is 0 Å². The first-order chi connectivity index (χ1) is 8.88. The molecule has 4 heteroatoms. The van der Waals surface area contributed by atoms with Crippen molar-refractivity contribution in [1.29, 1.82) is 0 Å². The maximum Gasteiger partial charge on any atom is 0.493 e. The molecule has 102 valence electrons. The second-order valence-electron chi connectivity index (χ2n) is 4.51. The summed E-state index contributed by atoms with van der Waals surface area (Å²) < 4.78 is 11.3. The van der Waals surface area contributed by atoms with Crippen molar-refractivity contribution in [3.63, 3.8) is 0 Å². The zero-order valence-corrected chi connectivity index (χ0v) is 12.1. The molecule has 0 aromatic heterocycles. The maximum absolute atomic E-state index is 5.71. The van der Waals surface area contributed by atoms with Crippen molar-refractivity contribution in [2.75, 3.05) is 19.1 Å². The fraction of sp³-hybridized carbons (Fsp3) is 0.714. The Morgan fingerprint density at radius 3 is 2.67 bits per heavy atom. The van der Waals surface area contributed by atoms with E-state index in [9.17, 15) is 0 Å². The van der Waals surface area contributed by atoms with E-state index < -0.39 is 0 Å². The molecule has 0 saturated carbocycles. The van der Waals surface area contributed by atoms with Crippen LogP contribution in [0, 0.1) is 0 Å². The van der Waals surface area contributed by atoms with Crippen LogP contribution in [0.5, 0.6) is 0 Å². The van der Waals surface area contributed by atoms with Gasteiger partial charge in [0.05, 0.1) is 0 Å². The topological polar surface area (TPSA) is 18.5 Å². The third-order valence-corrected chi connectivity index (χ3v) is 3.12. The predicted molar refractivity (Wildman–Crippen MR) is 79.0 cm³/mol. The molecule has 0 aromatic rings. The van der Waals surface area contributed by atoms with Crippen LogP contribution in [-0.2, 0) is 9.31 Å². The quantitative estimate of drug-likeness (QED) is 0.286. The van der Waals surface area contributed by atoms with Crippen molar-refractivity contribution in [2.45, 2.75) is 45.4 Å². The zero-order chi connectivity index (χ0) is 13.1. The Morgan fingerprint density at radius 1 is 1.22 bits per heavy atom. The Kier molecular flexibility index (Phi) is 9.36. The number of alkyl halides is 1. The fourth-order valence-corrected chi connectivity index (χ4v) is 1.96. The zero-order valence-electron chi connectivity index (χ0n) is 11.4. The molecule has 0 unspecified atom stereocenters. The lowest BCUT2D eigenvalue weighted by molar-refractivity contribution is 0.141. The minimum Gasteiger partial charge on any atom is -0.407 e. The minimum atomic E-state index is -0.174. The Balaban J connectivity index is 2.49. The van der Waals surface area contributed by atoms with Crippen LogP contribution in [0.4, 0.5) is 0 Å². The molecule has 0 bridgehead atoms. The summed E-state index contributed by atoms with van der Waals surface area (Å²) >= 11 is 5.71. The van der Waals surface area contributed by atoms with Crippen LogP contribution in [0.25, 0.3) is 0 Å². The SMILES string of the molecule is CCCC/C=C/C(=C/CCCCl)B1OCCCO1. The third kappa shape index (κ3) is 6.62. The molecule has 18 heavy (non-hydrogen) atoms. The van der Waals surface area contributed by atoms with Crippen LogP contribution >= 0.6 is 11.6 Å². The summed E-state index contributed by atoms with van der Waals surface area (Å²) in [7, 11) is -0.174. The second kappa shape index (κ2) is 10.7. The first-order valence-corrected chi connectivity index (χ1v) is 7.57. The van der Waals surface area contributed by atoms with E-state index in [0.717, 1.165) is 44.4 Å². The minimum absolute atomic E-state index is 0.174. The highest BCUT2D eigenvalue weighted by Gasteiger charge is 2.24. The molecule has 0 aliphatic carbocycles.